The van der Waals surface area contributed by atoms with Crippen LogP contribution in [0.5, 0.6) is 0 Å². The minimum Gasteiger partial charge on any atom is -0.352 e. The van der Waals surface area contributed by atoms with Crippen molar-refractivity contribution >= 4 is 17.6 Å². The molecule has 0 saturated heterocycles. The molecule has 0 radical (unpaired) electrons. The molecule has 0 unspecified atom stereocenters. The number of fused-ring (bicyclic) bond motifs is 1. The molecule has 5 heteroatoms. The molecule has 120 valence electrons. The molecule has 5 nitrogen and oxygen atoms in total. The van der Waals surface area contributed by atoms with Gasteiger partial charge in [-0.3, -0.25) is 4.79 Å². The summed E-state index contributed by atoms with van der Waals surface area (Å²) in [6.07, 6.45) is 1.90. The molecular formula is C17H25N3O2. The lowest BCUT2D eigenvalue weighted by Crippen LogP contribution is -2.50. The van der Waals surface area contributed by atoms with Gasteiger partial charge in [0.1, 0.15) is 6.04 Å². The SMILES string of the molecule is C[C@H](NC(N)=O)C(=O)N1CCCc2cc(C(C)(C)C)ccc21. The van der Waals surface area contributed by atoms with Gasteiger partial charge in [-0.05, 0) is 42.4 Å². The molecule has 1 aliphatic rings. The molecule has 0 aliphatic carbocycles. The van der Waals surface area contributed by atoms with Crippen molar-refractivity contribution in [1.29, 1.82) is 0 Å². The van der Waals surface area contributed by atoms with Crippen LogP contribution in [0.1, 0.15) is 45.2 Å². The number of carbonyl (C=O) groups is 2. The number of benzene rings is 1. The molecule has 1 aliphatic heterocycles. The Morgan fingerprint density at radius 1 is 1.32 bits per heavy atom. The number of nitrogens with zero attached hydrogens (tertiary/aromatic N) is 1. The lowest BCUT2D eigenvalue weighted by Gasteiger charge is -2.33. The molecular weight excluding hydrogens is 278 g/mol. The van der Waals surface area contributed by atoms with Crippen molar-refractivity contribution in [2.24, 2.45) is 5.73 Å². The molecule has 2 rings (SSSR count). The summed E-state index contributed by atoms with van der Waals surface area (Å²) >= 11 is 0. The molecule has 0 saturated carbocycles. The average molecular weight is 303 g/mol. The maximum absolute atomic E-state index is 12.5. The van der Waals surface area contributed by atoms with E-state index in [4.69, 9.17) is 5.73 Å². The normalized spacial score (nSPS) is 15.9. The molecule has 1 heterocycles. The summed E-state index contributed by atoms with van der Waals surface area (Å²) in [7, 11) is 0. The second-order valence-electron chi connectivity index (χ2n) is 6.92. The quantitative estimate of drug-likeness (QED) is 0.879. The summed E-state index contributed by atoms with van der Waals surface area (Å²) in [5.74, 6) is -0.122. The van der Waals surface area contributed by atoms with E-state index < -0.39 is 12.1 Å². The second-order valence-corrected chi connectivity index (χ2v) is 6.92. The fourth-order valence-corrected chi connectivity index (χ4v) is 2.80. The van der Waals surface area contributed by atoms with Gasteiger partial charge in [0, 0.05) is 12.2 Å². The van der Waals surface area contributed by atoms with Crippen LogP contribution in [0.25, 0.3) is 0 Å². The Morgan fingerprint density at radius 3 is 2.59 bits per heavy atom. The number of nitrogens with one attached hydrogen (secondary N) is 1. The third-order valence-electron chi connectivity index (χ3n) is 4.06. The monoisotopic (exact) mass is 303 g/mol. The van der Waals surface area contributed by atoms with Crippen molar-refractivity contribution in [3.8, 4) is 0 Å². The molecule has 3 amide bonds. The Labute approximate surface area is 131 Å². The van der Waals surface area contributed by atoms with Gasteiger partial charge < -0.3 is 16.0 Å². The lowest BCUT2D eigenvalue weighted by molar-refractivity contribution is -0.120. The molecule has 0 fully saturated rings. The smallest absolute Gasteiger partial charge is 0.312 e. The number of urea groups is 1. The topological polar surface area (TPSA) is 75.4 Å². The number of carbonyl (C=O) groups excluding carboxylic acids is 2. The van der Waals surface area contributed by atoms with Crippen molar-refractivity contribution in [1.82, 2.24) is 5.32 Å². The standard InChI is InChI=1S/C17H25N3O2/c1-11(19-16(18)22)15(21)20-9-5-6-12-10-13(17(2,3)4)7-8-14(12)20/h7-8,10-11H,5-6,9H2,1-4H3,(H3,18,19,22)/t11-/m0/s1. The third-order valence-corrected chi connectivity index (χ3v) is 4.06. The molecule has 1 aromatic carbocycles. The number of hydrogen-bond acceptors (Lipinski definition) is 2. The molecule has 0 spiro atoms. The predicted octanol–water partition coefficient (Wildman–Crippen LogP) is 2.32. The molecule has 0 aromatic heterocycles. The van der Waals surface area contributed by atoms with Crippen molar-refractivity contribution < 1.29 is 9.59 Å². The highest BCUT2D eigenvalue weighted by atomic mass is 16.2. The van der Waals surface area contributed by atoms with Gasteiger partial charge in [-0.2, -0.15) is 0 Å². The molecule has 0 bridgehead atoms. The van der Waals surface area contributed by atoms with E-state index in [0.717, 1.165) is 18.5 Å². The van der Waals surface area contributed by atoms with Gasteiger partial charge in [0.05, 0.1) is 0 Å². The average Bonchev–Trinajstić information content (AvgIpc) is 2.43. The van der Waals surface area contributed by atoms with Crippen LogP contribution in [0.3, 0.4) is 0 Å². The first kappa shape index (κ1) is 16.3. The number of aryl methyl sites for hydroxylation is 1. The van der Waals surface area contributed by atoms with Crippen LogP contribution in [-0.2, 0) is 16.6 Å². The van der Waals surface area contributed by atoms with Crippen LogP contribution in [0, 0.1) is 0 Å². The number of hydrogen-bond donors (Lipinski definition) is 2. The third kappa shape index (κ3) is 3.40. The van der Waals surface area contributed by atoms with E-state index in [1.165, 1.54) is 11.1 Å². The number of nitrogens with two attached hydrogens (primary N) is 1. The van der Waals surface area contributed by atoms with Gasteiger partial charge in [0.2, 0.25) is 5.91 Å². The van der Waals surface area contributed by atoms with Gasteiger partial charge in [-0.15, -0.1) is 0 Å². The van der Waals surface area contributed by atoms with Gasteiger partial charge >= 0.3 is 6.03 Å². The van der Waals surface area contributed by atoms with Crippen LogP contribution < -0.4 is 16.0 Å². The van der Waals surface area contributed by atoms with E-state index >= 15 is 0 Å². The van der Waals surface area contributed by atoms with E-state index in [1.807, 2.05) is 6.07 Å². The first-order valence-corrected chi connectivity index (χ1v) is 7.71. The molecule has 22 heavy (non-hydrogen) atoms. The van der Waals surface area contributed by atoms with Gasteiger partial charge in [0.15, 0.2) is 0 Å². The zero-order chi connectivity index (χ0) is 16.5. The van der Waals surface area contributed by atoms with Gasteiger partial charge in [0.25, 0.3) is 0 Å². The Balaban J connectivity index is 2.29. The van der Waals surface area contributed by atoms with E-state index in [1.54, 1.807) is 11.8 Å². The summed E-state index contributed by atoms with van der Waals surface area (Å²) in [6, 6.07) is 4.99. The zero-order valence-corrected chi connectivity index (χ0v) is 13.8. The Hall–Kier alpha value is -2.04. The number of primary amides is 1. The van der Waals surface area contributed by atoms with Crippen molar-refractivity contribution in [2.75, 3.05) is 11.4 Å². The molecule has 1 atom stereocenters. The Kier molecular flexibility index (Phi) is 4.44. The summed E-state index contributed by atoms with van der Waals surface area (Å²) in [5.41, 5.74) is 8.59. The van der Waals surface area contributed by atoms with E-state index in [0.29, 0.717) is 6.54 Å². The molecule has 3 N–H and O–H groups in total. The fourth-order valence-electron chi connectivity index (χ4n) is 2.80. The fraction of sp³-hybridized carbons (Fsp3) is 0.529. The van der Waals surface area contributed by atoms with Crippen LogP contribution >= 0.6 is 0 Å². The van der Waals surface area contributed by atoms with E-state index in [-0.39, 0.29) is 11.3 Å². The summed E-state index contributed by atoms with van der Waals surface area (Å²) in [5, 5.41) is 2.45. The van der Waals surface area contributed by atoms with Gasteiger partial charge in [-0.1, -0.05) is 32.9 Å². The highest BCUT2D eigenvalue weighted by Crippen LogP contribution is 2.32. The summed E-state index contributed by atoms with van der Waals surface area (Å²) in [4.78, 5) is 25.2. The molecule has 1 aromatic rings. The summed E-state index contributed by atoms with van der Waals surface area (Å²) < 4.78 is 0. The van der Waals surface area contributed by atoms with Crippen LogP contribution in [-0.4, -0.2) is 24.5 Å². The highest BCUT2D eigenvalue weighted by Gasteiger charge is 2.27. The van der Waals surface area contributed by atoms with Crippen LogP contribution in [0.2, 0.25) is 0 Å². The maximum atomic E-state index is 12.5. The largest absolute Gasteiger partial charge is 0.352 e. The van der Waals surface area contributed by atoms with Crippen molar-refractivity contribution in [3.63, 3.8) is 0 Å². The maximum Gasteiger partial charge on any atom is 0.312 e. The number of anilines is 1. The van der Waals surface area contributed by atoms with Crippen LogP contribution in [0.4, 0.5) is 10.5 Å². The van der Waals surface area contributed by atoms with E-state index in [9.17, 15) is 9.59 Å². The lowest BCUT2D eigenvalue weighted by atomic mass is 9.84. The Morgan fingerprint density at radius 2 is 2.00 bits per heavy atom. The minimum absolute atomic E-state index is 0.0854. The van der Waals surface area contributed by atoms with E-state index in [2.05, 4.69) is 38.2 Å². The Bertz CT molecular complexity index is 590. The van der Waals surface area contributed by atoms with Crippen molar-refractivity contribution in [2.45, 2.75) is 52.0 Å². The first-order chi connectivity index (χ1) is 10.2. The predicted molar refractivity (Wildman–Crippen MR) is 88.0 cm³/mol. The van der Waals surface area contributed by atoms with Crippen LogP contribution in [0.15, 0.2) is 18.2 Å². The highest BCUT2D eigenvalue weighted by molar-refractivity contribution is 5.99. The second kappa shape index (κ2) is 5.99. The summed E-state index contributed by atoms with van der Waals surface area (Å²) in [6.45, 7) is 8.87. The minimum atomic E-state index is -0.679. The van der Waals surface area contributed by atoms with Gasteiger partial charge in [-0.25, -0.2) is 4.79 Å². The number of amides is 3. The first-order valence-electron chi connectivity index (χ1n) is 7.71. The number of rotatable bonds is 2. The zero-order valence-electron chi connectivity index (χ0n) is 13.8. The van der Waals surface area contributed by atoms with Crippen molar-refractivity contribution in [3.05, 3.63) is 29.3 Å².